The van der Waals surface area contributed by atoms with Gasteiger partial charge in [0.1, 0.15) is 18.9 Å². The summed E-state index contributed by atoms with van der Waals surface area (Å²) in [5.41, 5.74) is 6.21. The first-order valence-electron chi connectivity index (χ1n) is 4.22. The van der Waals surface area contributed by atoms with Crippen molar-refractivity contribution in [1.29, 1.82) is 0 Å². The highest BCUT2D eigenvalue weighted by Gasteiger charge is 1.95. The summed E-state index contributed by atoms with van der Waals surface area (Å²) in [6, 6.07) is 6.22. The van der Waals surface area contributed by atoms with E-state index in [0.717, 1.165) is 12.3 Å². The molecule has 0 amide bonds. The van der Waals surface area contributed by atoms with Crippen LogP contribution in [0.4, 0.5) is 0 Å². The lowest BCUT2D eigenvalue weighted by Crippen LogP contribution is -2.52. The Morgan fingerprint density at radius 1 is 1.17 bits per heavy atom. The molecule has 0 aliphatic carbocycles. The Hall–Kier alpha value is -1.02. The molecule has 0 bridgehead atoms. The van der Waals surface area contributed by atoms with Gasteiger partial charge in [0.15, 0.2) is 0 Å². The van der Waals surface area contributed by atoms with E-state index in [1.165, 1.54) is 11.1 Å². The molecule has 2 heteroatoms. The fraction of sp³-hybridized carbons (Fsp3) is 0.400. The van der Waals surface area contributed by atoms with Crippen molar-refractivity contribution < 1.29 is 10.5 Å². The van der Waals surface area contributed by atoms with Crippen LogP contribution in [0.5, 0.6) is 5.75 Å². The summed E-state index contributed by atoms with van der Waals surface area (Å²) in [7, 11) is 0. The van der Waals surface area contributed by atoms with Crippen LogP contribution in [0.1, 0.15) is 11.1 Å². The van der Waals surface area contributed by atoms with Gasteiger partial charge >= 0.3 is 0 Å². The molecule has 1 aromatic rings. The third kappa shape index (κ3) is 2.55. The van der Waals surface area contributed by atoms with Gasteiger partial charge in [0.2, 0.25) is 0 Å². The van der Waals surface area contributed by atoms with Gasteiger partial charge in [-0.15, -0.1) is 0 Å². The van der Waals surface area contributed by atoms with Gasteiger partial charge in [0.05, 0.1) is 0 Å². The molecule has 0 unspecified atom stereocenters. The minimum atomic E-state index is 0.697. The average Bonchev–Trinajstić information content (AvgIpc) is 1.99. The van der Waals surface area contributed by atoms with Crippen LogP contribution in [-0.4, -0.2) is 13.2 Å². The third-order valence-corrected chi connectivity index (χ3v) is 1.61. The molecule has 0 saturated heterocycles. The number of ether oxygens (including phenoxy) is 1. The van der Waals surface area contributed by atoms with Gasteiger partial charge in [0, 0.05) is 0 Å². The van der Waals surface area contributed by atoms with Crippen LogP contribution in [-0.2, 0) is 0 Å². The van der Waals surface area contributed by atoms with E-state index in [1.54, 1.807) is 0 Å². The Balaban J connectivity index is 2.72. The van der Waals surface area contributed by atoms with Gasteiger partial charge in [-0.25, -0.2) is 0 Å². The van der Waals surface area contributed by atoms with Gasteiger partial charge in [-0.2, -0.15) is 0 Å². The largest absolute Gasteiger partial charge is 0.488 e. The SMILES string of the molecule is Cc1cc(C)cc(OCC[NH3+])c1. The van der Waals surface area contributed by atoms with Gasteiger partial charge in [-0.1, -0.05) is 6.07 Å². The molecule has 0 fully saturated rings. The minimum absolute atomic E-state index is 0.697. The molecule has 0 heterocycles. The van der Waals surface area contributed by atoms with Gasteiger partial charge in [0.25, 0.3) is 0 Å². The highest BCUT2D eigenvalue weighted by Crippen LogP contribution is 2.15. The lowest BCUT2D eigenvalue weighted by atomic mass is 10.1. The minimum Gasteiger partial charge on any atom is -0.488 e. The highest BCUT2D eigenvalue weighted by atomic mass is 16.5. The second-order valence-corrected chi connectivity index (χ2v) is 3.03. The van der Waals surface area contributed by atoms with E-state index in [2.05, 4.69) is 25.6 Å². The monoisotopic (exact) mass is 166 g/mol. The smallest absolute Gasteiger partial charge is 0.137 e. The second-order valence-electron chi connectivity index (χ2n) is 3.03. The molecule has 66 valence electrons. The summed E-state index contributed by atoms with van der Waals surface area (Å²) in [5, 5.41) is 0. The van der Waals surface area contributed by atoms with E-state index >= 15 is 0 Å². The van der Waals surface area contributed by atoms with E-state index in [-0.39, 0.29) is 0 Å². The lowest BCUT2D eigenvalue weighted by Gasteiger charge is -2.05. The highest BCUT2D eigenvalue weighted by molar-refractivity contribution is 5.32. The molecule has 12 heavy (non-hydrogen) atoms. The molecule has 0 atom stereocenters. The summed E-state index contributed by atoms with van der Waals surface area (Å²) < 4.78 is 5.45. The topological polar surface area (TPSA) is 36.9 Å². The average molecular weight is 166 g/mol. The van der Waals surface area contributed by atoms with Gasteiger partial charge in [-0.3, -0.25) is 0 Å². The predicted octanol–water partition coefficient (Wildman–Crippen LogP) is 0.924. The first-order valence-corrected chi connectivity index (χ1v) is 4.22. The third-order valence-electron chi connectivity index (χ3n) is 1.61. The molecule has 0 aliphatic rings. The maximum atomic E-state index is 5.45. The van der Waals surface area contributed by atoms with Crippen LogP contribution in [0, 0.1) is 13.8 Å². The number of aryl methyl sites for hydroxylation is 2. The zero-order valence-electron chi connectivity index (χ0n) is 7.76. The molecular formula is C10H16NO+. The lowest BCUT2D eigenvalue weighted by molar-refractivity contribution is -0.370. The summed E-state index contributed by atoms with van der Waals surface area (Å²) in [4.78, 5) is 0. The van der Waals surface area contributed by atoms with E-state index < -0.39 is 0 Å². The van der Waals surface area contributed by atoms with Crippen LogP contribution in [0.3, 0.4) is 0 Å². The first-order chi connectivity index (χ1) is 5.72. The molecule has 3 N–H and O–H groups in total. The standard InChI is InChI=1S/C10H15NO/c1-8-5-9(2)7-10(6-8)12-4-3-11/h5-7H,3-4,11H2,1-2H3/p+1. The summed E-state index contributed by atoms with van der Waals surface area (Å²) in [5.74, 6) is 0.955. The first kappa shape index (κ1) is 9.07. The molecular weight excluding hydrogens is 150 g/mol. The summed E-state index contributed by atoms with van der Waals surface area (Å²) in [6.45, 7) is 5.66. The number of rotatable bonds is 3. The Kier molecular flexibility index (Phi) is 3.11. The number of quaternary nitrogens is 1. The number of hydrogen-bond donors (Lipinski definition) is 1. The van der Waals surface area contributed by atoms with E-state index in [0.29, 0.717) is 6.61 Å². The van der Waals surface area contributed by atoms with E-state index in [1.807, 2.05) is 12.1 Å². The molecule has 1 rings (SSSR count). The molecule has 0 saturated carbocycles. The Morgan fingerprint density at radius 2 is 1.75 bits per heavy atom. The zero-order chi connectivity index (χ0) is 8.97. The molecule has 2 nitrogen and oxygen atoms in total. The van der Waals surface area contributed by atoms with Gasteiger partial charge < -0.3 is 10.5 Å². The van der Waals surface area contributed by atoms with Crippen molar-refractivity contribution in [3.63, 3.8) is 0 Å². The molecule has 0 radical (unpaired) electrons. The summed E-state index contributed by atoms with van der Waals surface area (Å²) in [6.07, 6.45) is 0. The van der Waals surface area contributed by atoms with Crippen molar-refractivity contribution in [2.24, 2.45) is 0 Å². The normalized spacial score (nSPS) is 9.92. The summed E-state index contributed by atoms with van der Waals surface area (Å²) >= 11 is 0. The van der Waals surface area contributed by atoms with Crippen LogP contribution in [0.2, 0.25) is 0 Å². The molecule has 0 aliphatic heterocycles. The molecule has 1 aromatic carbocycles. The number of hydrogen-bond acceptors (Lipinski definition) is 1. The van der Waals surface area contributed by atoms with Crippen molar-refractivity contribution in [2.45, 2.75) is 13.8 Å². The quantitative estimate of drug-likeness (QED) is 0.712. The molecule has 0 spiro atoms. The maximum absolute atomic E-state index is 5.45. The Labute approximate surface area is 73.3 Å². The predicted molar refractivity (Wildman–Crippen MR) is 49.2 cm³/mol. The van der Waals surface area contributed by atoms with Crippen molar-refractivity contribution in [1.82, 2.24) is 0 Å². The van der Waals surface area contributed by atoms with E-state index in [4.69, 9.17) is 4.74 Å². The fourth-order valence-corrected chi connectivity index (χ4v) is 1.21. The van der Waals surface area contributed by atoms with Gasteiger partial charge in [-0.05, 0) is 37.1 Å². The van der Waals surface area contributed by atoms with Crippen molar-refractivity contribution in [2.75, 3.05) is 13.2 Å². The number of benzene rings is 1. The van der Waals surface area contributed by atoms with Crippen LogP contribution >= 0.6 is 0 Å². The zero-order valence-corrected chi connectivity index (χ0v) is 7.76. The van der Waals surface area contributed by atoms with Crippen LogP contribution < -0.4 is 10.5 Å². The van der Waals surface area contributed by atoms with Crippen molar-refractivity contribution >= 4 is 0 Å². The van der Waals surface area contributed by atoms with Crippen molar-refractivity contribution in [3.05, 3.63) is 29.3 Å². The van der Waals surface area contributed by atoms with Crippen molar-refractivity contribution in [3.8, 4) is 5.75 Å². The Morgan fingerprint density at radius 3 is 2.25 bits per heavy atom. The van der Waals surface area contributed by atoms with Crippen LogP contribution in [0.25, 0.3) is 0 Å². The fourth-order valence-electron chi connectivity index (χ4n) is 1.21. The van der Waals surface area contributed by atoms with Crippen LogP contribution in [0.15, 0.2) is 18.2 Å². The molecule has 0 aromatic heterocycles. The Bertz CT molecular complexity index is 238. The van der Waals surface area contributed by atoms with E-state index in [9.17, 15) is 0 Å². The second kappa shape index (κ2) is 4.12. The maximum Gasteiger partial charge on any atom is 0.137 e.